The van der Waals surface area contributed by atoms with Gasteiger partial charge in [0.2, 0.25) is 0 Å². The lowest BCUT2D eigenvalue weighted by molar-refractivity contribution is -0.137. The minimum atomic E-state index is -0.661. The van der Waals surface area contributed by atoms with Gasteiger partial charge in [0.15, 0.2) is 0 Å². The van der Waals surface area contributed by atoms with Gasteiger partial charge in [-0.1, -0.05) is 72.6 Å². The van der Waals surface area contributed by atoms with E-state index in [4.69, 9.17) is 5.11 Å². The van der Waals surface area contributed by atoms with Crippen LogP contribution in [0.2, 0.25) is 0 Å². The molecule has 0 aromatic carbocycles. The van der Waals surface area contributed by atoms with Gasteiger partial charge in [0.05, 0.1) is 0 Å². The van der Waals surface area contributed by atoms with Gasteiger partial charge in [0.1, 0.15) is 0 Å². The molecule has 19 heavy (non-hydrogen) atoms. The lowest BCUT2D eigenvalue weighted by Gasteiger charge is -2.14. The number of hydrogen-bond donors (Lipinski definition) is 1. The van der Waals surface area contributed by atoms with Crippen molar-refractivity contribution in [1.82, 2.24) is 0 Å². The van der Waals surface area contributed by atoms with Gasteiger partial charge < -0.3 is 5.11 Å². The molecular weight excluding hydrogens is 236 g/mol. The Labute approximate surface area is 120 Å². The second kappa shape index (κ2) is 11.3. The maximum Gasteiger partial charge on any atom is 0.303 e. The Bertz CT molecular complexity index is 223. The minimum Gasteiger partial charge on any atom is -0.481 e. The molecule has 0 rings (SSSR count). The zero-order chi connectivity index (χ0) is 14.7. The quantitative estimate of drug-likeness (QED) is 0.507. The summed E-state index contributed by atoms with van der Waals surface area (Å²) in [6.07, 6.45) is 10.2. The third kappa shape index (κ3) is 13.7. The normalized spacial score (nSPS) is 14.6. The molecule has 0 saturated heterocycles. The maximum atomic E-state index is 10.4. The predicted octanol–water partition coefficient (Wildman–Crippen LogP) is 5.51. The Hall–Kier alpha value is -0.530. The highest BCUT2D eigenvalue weighted by atomic mass is 16.4. The Kier molecular flexibility index (Phi) is 11.0. The van der Waals surface area contributed by atoms with Gasteiger partial charge in [-0.3, -0.25) is 4.79 Å². The molecule has 2 atom stereocenters. The monoisotopic (exact) mass is 270 g/mol. The molecule has 0 bridgehead atoms. The zero-order valence-corrected chi connectivity index (χ0v) is 13.5. The van der Waals surface area contributed by atoms with Crippen LogP contribution in [-0.2, 0) is 4.79 Å². The fourth-order valence-electron chi connectivity index (χ4n) is 2.58. The van der Waals surface area contributed by atoms with E-state index in [0.717, 1.165) is 24.7 Å². The molecule has 0 heterocycles. The van der Waals surface area contributed by atoms with Crippen LogP contribution in [0.5, 0.6) is 0 Å². The lowest BCUT2D eigenvalue weighted by Crippen LogP contribution is -2.01. The van der Waals surface area contributed by atoms with Crippen molar-refractivity contribution in [3.63, 3.8) is 0 Å². The van der Waals surface area contributed by atoms with E-state index < -0.39 is 5.97 Å². The topological polar surface area (TPSA) is 37.3 Å². The Morgan fingerprint density at radius 2 is 1.21 bits per heavy atom. The van der Waals surface area contributed by atoms with E-state index in [1.807, 2.05) is 0 Å². The summed E-state index contributed by atoms with van der Waals surface area (Å²) in [7, 11) is 0. The summed E-state index contributed by atoms with van der Waals surface area (Å²) in [5.41, 5.74) is 0. The number of hydrogen-bond acceptors (Lipinski definition) is 1. The van der Waals surface area contributed by atoms with Crippen molar-refractivity contribution < 1.29 is 9.90 Å². The highest BCUT2D eigenvalue weighted by Gasteiger charge is 2.07. The summed E-state index contributed by atoms with van der Waals surface area (Å²) in [6, 6.07) is 0. The summed E-state index contributed by atoms with van der Waals surface area (Å²) in [6.45, 7) is 9.22. The second-order valence-electron chi connectivity index (χ2n) is 6.75. The molecule has 1 N–H and O–H groups in total. The average Bonchev–Trinajstić information content (AvgIpc) is 2.27. The van der Waals surface area contributed by atoms with Crippen LogP contribution in [0.4, 0.5) is 0 Å². The van der Waals surface area contributed by atoms with E-state index in [1.165, 1.54) is 38.5 Å². The SMILES string of the molecule is CC(C)CCC[C@H](C)CCC[C@H](C)CCCC(=O)O. The zero-order valence-electron chi connectivity index (χ0n) is 13.5. The highest BCUT2D eigenvalue weighted by Crippen LogP contribution is 2.21. The van der Waals surface area contributed by atoms with Crippen LogP contribution < -0.4 is 0 Å². The number of carbonyl (C=O) groups is 1. The highest BCUT2D eigenvalue weighted by molar-refractivity contribution is 5.66. The van der Waals surface area contributed by atoms with Crippen LogP contribution in [0, 0.1) is 17.8 Å². The van der Waals surface area contributed by atoms with E-state index in [0.29, 0.717) is 12.3 Å². The smallest absolute Gasteiger partial charge is 0.303 e. The molecule has 0 aromatic heterocycles. The molecule has 0 aliphatic rings. The first-order chi connectivity index (χ1) is 8.91. The van der Waals surface area contributed by atoms with Crippen LogP contribution in [-0.4, -0.2) is 11.1 Å². The van der Waals surface area contributed by atoms with Crippen LogP contribution in [0.25, 0.3) is 0 Å². The van der Waals surface area contributed by atoms with Crippen molar-refractivity contribution >= 4 is 5.97 Å². The molecule has 0 amide bonds. The van der Waals surface area contributed by atoms with Crippen molar-refractivity contribution in [2.24, 2.45) is 17.8 Å². The van der Waals surface area contributed by atoms with Gasteiger partial charge in [0, 0.05) is 6.42 Å². The van der Waals surface area contributed by atoms with Crippen LogP contribution in [0.15, 0.2) is 0 Å². The largest absolute Gasteiger partial charge is 0.481 e. The molecule has 0 aliphatic heterocycles. The van der Waals surface area contributed by atoms with Crippen molar-refractivity contribution in [3.05, 3.63) is 0 Å². The van der Waals surface area contributed by atoms with Gasteiger partial charge in [-0.05, 0) is 24.2 Å². The van der Waals surface area contributed by atoms with Gasteiger partial charge >= 0.3 is 5.97 Å². The number of aliphatic carboxylic acids is 1. The van der Waals surface area contributed by atoms with E-state index in [2.05, 4.69) is 27.7 Å². The molecule has 0 saturated carbocycles. The molecule has 0 aromatic rings. The first kappa shape index (κ1) is 18.5. The molecule has 2 nitrogen and oxygen atoms in total. The summed E-state index contributed by atoms with van der Waals surface area (Å²) in [5, 5.41) is 8.60. The molecule has 0 spiro atoms. The fourth-order valence-corrected chi connectivity index (χ4v) is 2.58. The Morgan fingerprint density at radius 1 is 0.789 bits per heavy atom. The van der Waals surface area contributed by atoms with Gasteiger partial charge in [-0.25, -0.2) is 0 Å². The number of rotatable bonds is 12. The standard InChI is InChI=1S/C17H34O2/c1-14(2)8-5-9-15(3)10-6-11-16(4)12-7-13-17(18)19/h14-16H,5-13H2,1-4H3,(H,18,19)/t15-,16-/m0/s1. The number of carboxylic acids is 1. The molecule has 0 radical (unpaired) electrons. The van der Waals surface area contributed by atoms with E-state index >= 15 is 0 Å². The molecular formula is C17H34O2. The van der Waals surface area contributed by atoms with Gasteiger partial charge in [0.25, 0.3) is 0 Å². The molecule has 0 aliphatic carbocycles. The molecule has 114 valence electrons. The van der Waals surface area contributed by atoms with Gasteiger partial charge in [-0.2, -0.15) is 0 Å². The summed E-state index contributed by atoms with van der Waals surface area (Å²) in [5.74, 6) is 1.71. The average molecular weight is 270 g/mol. The van der Waals surface area contributed by atoms with Crippen molar-refractivity contribution in [1.29, 1.82) is 0 Å². The first-order valence-corrected chi connectivity index (χ1v) is 8.13. The molecule has 0 unspecified atom stereocenters. The Balaban J connectivity index is 3.42. The number of carboxylic acid groups (broad SMARTS) is 1. The van der Waals surface area contributed by atoms with E-state index in [1.54, 1.807) is 0 Å². The van der Waals surface area contributed by atoms with Crippen molar-refractivity contribution in [2.45, 2.75) is 85.5 Å². The lowest BCUT2D eigenvalue weighted by atomic mass is 9.92. The van der Waals surface area contributed by atoms with Crippen LogP contribution >= 0.6 is 0 Å². The summed E-state index contributed by atoms with van der Waals surface area (Å²) < 4.78 is 0. The Morgan fingerprint density at radius 3 is 1.63 bits per heavy atom. The molecule has 2 heteroatoms. The summed E-state index contributed by atoms with van der Waals surface area (Å²) in [4.78, 5) is 10.4. The minimum absolute atomic E-state index is 0.329. The maximum absolute atomic E-state index is 10.4. The van der Waals surface area contributed by atoms with E-state index in [-0.39, 0.29) is 0 Å². The first-order valence-electron chi connectivity index (χ1n) is 8.13. The van der Waals surface area contributed by atoms with Crippen LogP contribution in [0.3, 0.4) is 0 Å². The van der Waals surface area contributed by atoms with Gasteiger partial charge in [-0.15, -0.1) is 0 Å². The third-order valence-electron chi connectivity index (χ3n) is 3.96. The predicted molar refractivity (Wildman–Crippen MR) is 82.4 cm³/mol. The van der Waals surface area contributed by atoms with Crippen molar-refractivity contribution in [3.8, 4) is 0 Å². The van der Waals surface area contributed by atoms with Crippen LogP contribution in [0.1, 0.15) is 85.5 Å². The second-order valence-corrected chi connectivity index (χ2v) is 6.75. The molecule has 0 fully saturated rings. The van der Waals surface area contributed by atoms with Crippen molar-refractivity contribution in [2.75, 3.05) is 0 Å². The van der Waals surface area contributed by atoms with E-state index in [9.17, 15) is 4.79 Å². The fraction of sp³-hybridized carbons (Fsp3) is 0.941. The summed E-state index contributed by atoms with van der Waals surface area (Å²) >= 11 is 0. The third-order valence-corrected chi connectivity index (χ3v) is 3.96.